The minimum atomic E-state index is -4.02. The summed E-state index contributed by atoms with van der Waals surface area (Å²) in [4.78, 5) is 27.8. The Hall–Kier alpha value is -3.75. The summed E-state index contributed by atoms with van der Waals surface area (Å²) in [6.45, 7) is 4.63. The average molecular weight is 504 g/mol. The van der Waals surface area contributed by atoms with Crippen molar-refractivity contribution in [3.05, 3.63) is 95.6 Å². The number of carbonyl (C=O) groups excluding carboxylic acids is 2. The summed E-state index contributed by atoms with van der Waals surface area (Å²) < 4.78 is 38.1. The van der Waals surface area contributed by atoms with Crippen LogP contribution < -0.4 is 4.90 Å². The molecule has 0 aromatic heterocycles. The first-order chi connectivity index (χ1) is 17.4. The van der Waals surface area contributed by atoms with Gasteiger partial charge in [0.1, 0.15) is 6.61 Å². The molecule has 0 spiro atoms. The van der Waals surface area contributed by atoms with Crippen LogP contribution in [0.2, 0.25) is 0 Å². The van der Waals surface area contributed by atoms with Crippen LogP contribution >= 0.6 is 0 Å². The molecule has 2 aliphatic heterocycles. The quantitative estimate of drug-likeness (QED) is 0.455. The largest absolute Gasteiger partial charge is 0.459 e. The van der Waals surface area contributed by atoms with Crippen LogP contribution in [-0.2, 0) is 25.9 Å². The fourth-order valence-electron chi connectivity index (χ4n) is 4.46. The van der Waals surface area contributed by atoms with Crippen molar-refractivity contribution >= 4 is 33.5 Å². The molecule has 0 aliphatic carbocycles. The molecule has 1 atom stereocenters. The van der Waals surface area contributed by atoms with Crippen molar-refractivity contribution < 1.29 is 27.5 Å². The molecular formula is C28H25NO6S. The van der Waals surface area contributed by atoms with E-state index in [4.69, 9.17) is 9.47 Å². The third-order valence-corrected chi connectivity index (χ3v) is 8.27. The summed E-state index contributed by atoms with van der Waals surface area (Å²) in [5.41, 5.74) is 2.09. The van der Waals surface area contributed by atoms with E-state index in [0.717, 1.165) is 24.0 Å². The molecule has 2 heterocycles. The first-order valence-electron chi connectivity index (χ1n) is 11.7. The number of carbonyl (C=O) groups is 2. The Kier molecular flexibility index (Phi) is 6.47. The van der Waals surface area contributed by atoms with Gasteiger partial charge >= 0.3 is 5.97 Å². The molecule has 184 valence electrons. The van der Waals surface area contributed by atoms with Crippen molar-refractivity contribution in [2.24, 2.45) is 0 Å². The number of sulfone groups is 1. The lowest BCUT2D eigenvalue weighted by atomic mass is 10.1. The second kappa shape index (κ2) is 9.72. The third kappa shape index (κ3) is 4.45. The molecule has 0 unspecified atom stereocenters. The highest BCUT2D eigenvalue weighted by molar-refractivity contribution is 7.91. The van der Waals surface area contributed by atoms with Gasteiger partial charge in [0.2, 0.25) is 9.84 Å². The highest BCUT2D eigenvalue weighted by Crippen LogP contribution is 2.38. The van der Waals surface area contributed by atoms with Gasteiger partial charge in [0.25, 0.3) is 5.91 Å². The Labute approximate surface area is 209 Å². The van der Waals surface area contributed by atoms with E-state index in [0.29, 0.717) is 6.61 Å². The second-order valence-corrected chi connectivity index (χ2v) is 10.6. The zero-order valence-corrected chi connectivity index (χ0v) is 20.4. The molecule has 3 aromatic carbocycles. The van der Waals surface area contributed by atoms with E-state index in [1.807, 2.05) is 24.3 Å². The number of rotatable bonds is 6. The minimum Gasteiger partial charge on any atom is -0.459 e. The van der Waals surface area contributed by atoms with Crippen LogP contribution in [0.25, 0.3) is 6.08 Å². The van der Waals surface area contributed by atoms with Crippen LogP contribution in [0.15, 0.2) is 83.1 Å². The monoisotopic (exact) mass is 503 g/mol. The molecule has 0 radical (unpaired) electrons. The maximum Gasteiger partial charge on any atom is 0.338 e. The van der Waals surface area contributed by atoms with Crippen LogP contribution in [0.5, 0.6) is 0 Å². The fourth-order valence-corrected chi connectivity index (χ4v) is 6.09. The maximum atomic E-state index is 13.7. The predicted molar refractivity (Wildman–Crippen MR) is 135 cm³/mol. The summed E-state index contributed by atoms with van der Waals surface area (Å²) in [6.07, 6.45) is 3.32. The van der Waals surface area contributed by atoms with Crippen molar-refractivity contribution in [2.45, 2.75) is 35.3 Å². The first-order valence-corrected chi connectivity index (χ1v) is 13.2. The maximum absolute atomic E-state index is 13.7. The van der Waals surface area contributed by atoms with Crippen molar-refractivity contribution in [3.63, 3.8) is 0 Å². The van der Waals surface area contributed by atoms with E-state index >= 15 is 0 Å². The third-order valence-electron chi connectivity index (χ3n) is 6.41. The van der Waals surface area contributed by atoms with Gasteiger partial charge in [-0.2, -0.15) is 0 Å². The number of hydrogen-bond acceptors (Lipinski definition) is 6. The van der Waals surface area contributed by atoms with Gasteiger partial charge in [0, 0.05) is 6.61 Å². The summed E-state index contributed by atoms with van der Waals surface area (Å²) in [5, 5.41) is 0. The van der Waals surface area contributed by atoms with Crippen molar-refractivity contribution in [1.82, 2.24) is 0 Å². The Morgan fingerprint density at radius 2 is 1.86 bits per heavy atom. The lowest BCUT2D eigenvalue weighted by Crippen LogP contribution is -2.30. The summed E-state index contributed by atoms with van der Waals surface area (Å²) in [7, 11) is -4.02. The van der Waals surface area contributed by atoms with E-state index in [-0.39, 0.29) is 45.9 Å². The van der Waals surface area contributed by atoms with Crippen LogP contribution in [0.1, 0.15) is 44.7 Å². The Morgan fingerprint density at radius 3 is 2.58 bits per heavy atom. The molecule has 0 saturated carbocycles. The van der Waals surface area contributed by atoms with Gasteiger partial charge in [-0.1, -0.05) is 49.1 Å². The van der Waals surface area contributed by atoms with Crippen LogP contribution in [-0.4, -0.2) is 39.6 Å². The SMILES string of the molecule is C=Cc1ccc(CN2C(=O)c3ccccc3S(=O)(=O)c3ccc(C(=O)OC[C@H]4CCCO4)cc32)cc1. The molecule has 36 heavy (non-hydrogen) atoms. The van der Waals surface area contributed by atoms with Gasteiger partial charge in [0.15, 0.2) is 0 Å². The van der Waals surface area contributed by atoms with Crippen LogP contribution in [0.4, 0.5) is 5.69 Å². The molecule has 0 N–H and O–H groups in total. The highest BCUT2D eigenvalue weighted by atomic mass is 32.2. The van der Waals surface area contributed by atoms with Gasteiger partial charge in [0.05, 0.1) is 39.3 Å². The molecule has 5 rings (SSSR count). The van der Waals surface area contributed by atoms with Gasteiger partial charge in [-0.15, -0.1) is 0 Å². The fraction of sp³-hybridized carbons (Fsp3) is 0.214. The standard InChI is InChI=1S/C28H25NO6S/c1-2-19-9-11-20(12-10-19)17-29-24-16-21(28(31)35-18-22-6-5-15-34-22)13-14-26(24)36(32,33)25-8-4-3-7-23(25)27(29)30/h2-4,7-14,16,22H,1,5-6,15,17-18H2/t22-/m1/s1. The number of anilines is 1. The molecule has 1 saturated heterocycles. The zero-order valence-electron chi connectivity index (χ0n) is 19.6. The lowest BCUT2D eigenvalue weighted by molar-refractivity contribution is 0.0161. The number of ether oxygens (including phenoxy) is 2. The predicted octanol–water partition coefficient (Wildman–Crippen LogP) is 4.66. The number of hydrogen-bond donors (Lipinski definition) is 0. The van der Waals surface area contributed by atoms with Gasteiger partial charge < -0.3 is 14.4 Å². The van der Waals surface area contributed by atoms with Crippen molar-refractivity contribution in [3.8, 4) is 0 Å². The van der Waals surface area contributed by atoms with E-state index in [2.05, 4.69) is 6.58 Å². The van der Waals surface area contributed by atoms with E-state index in [1.54, 1.807) is 18.2 Å². The normalized spacial score (nSPS) is 18.2. The summed E-state index contributed by atoms with van der Waals surface area (Å²) in [6, 6.07) is 17.8. The summed E-state index contributed by atoms with van der Waals surface area (Å²) >= 11 is 0. The number of benzene rings is 3. The molecular weight excluding hydrogens is 478 g/mol. The van der Waals surface area contributed by atoms with Crippen LogP contribution in [0.3, 0.4) is 0 Å². The average Bonchev–Trinajstić information content (AvgIpc) is 3.42. The van der Waals surface area contributed by atoms with E-state index in [1.165, 1.54) is 35.2 Å². The highest BCUT2D eigenvalue weighted by Gasteiger charge is 2.36. The summed E-state index contributed by atoms with van der Waals surface area (Å²) in [5.74, 6) is -1.07. The molecule has 2 aliphatic rings. The van der Waals surface area contributed by atoms with Crippen LogP contribution in [0, 0.1) is 0 Å². The first kappa shape index (κ1) is 24.0. The van der Waals surface area contributed by atoms with Gasteiger partial charge in [-0.05, 0) is 54.3 Å². The Balaban J connectivity index is 1.57. The lowest BCUT2D eigenvalue weighted by Gasteiger charge is -2.23. The molecule has 7 nitrogen and oxygen atoms in total. The van der Waals surface area contributed by atoms with Crippen molar-refractivity contribution in [2.75, 3.05) is 18.1 Å². The minimum absolute atomic E-state index is 0.0424. The smallest absolute Gasteiger partial charge is 0.338 e. The molecule has 3 aromatic rings. The number of amides is 1. The number of nitrogens with zero attached hydrogens (tertiary/aromatic N) is 1. The number of esters is 1. The molecule has 1 amide bonds. The van der Waals surface area contributed by atoms with E-state index < -0.39 is 21.7 Å². The van der Waals surface area contributed by atoms with Crippen molar-refractivity contribution in [1.29, 1.82) is 0 Å². The Morgan fingerprint density at radius 1 is 1.08 bits per heavy atom. The molecule has 8 heteroatoms. The topological polar surface area (TPSA) is 90.0 Å². The Bertz CT molecular complexity index is 1440. The van der Waals surface area contributed by atoms with Gasteiger partial charge in [-0.3, -0.25) is 4.79 Å². The van der Waals surface area contributed by atoms with E-state index in [9.17, 15) is 18.0 Å². The second-order valence-electron chi connectivity index (χ2n) is 8.75. The molecule has 0 bridgehead atoms. The van der Waals surface area contributed by atoms with Gasteiger partial charge in [-0.25, -0.2) is 13.2 Å². The zero-order chi connectivity index (χ0) is 25.3. The number of fused-ring (bicyclic) bond motifs is 2. The molecule has 1 fully saturated rings.